The van der Waals surface area contributed by atoms with Crippen LogP contribution in [0, 0.1) is 5.41 Å². The van der Waals surface area contributed by atoms with Crippen LogP contribution in [0.25, 0.3) is 0 Å². The Morgan fingerprint density at radius 2 is 2.15 bits per heavy atom. The van der Waals surface area contributed by atoms with E-state index >= 15 is 0 Å². The lowest BCUT2D eigenvalue weighted by molar-refractivity contribution is 0.0933. The topological polar surface area (TPSA) is 21.3 Å². The molecule has 13 heavy (non-hydrogen) atoms. The quantitative estimate of drug-likeness (QED) is 0.685. The van der Waals surface area contributed by atoms with Crippen LogP contribution in [0.4, 0.5) is 0 Å². The van der Waals surface area contributed by atoms with E-state index in [0.29, 0.717) is 11.5 Å². The number of hydrogen-bond donors (Lipinski definition) is 1. The average molecular weight is 185 g/mol. The minimum absolute atomic E-state index is 0.342. The summed E-state index contributed by atoms with van der Waals surface area (Å²) >= 11 is 0. The normalized spacial score (nSPS) is 22.4. The Labute approximate surface area is 82.0 Å². The first-order chi connectivity index (χ1) is 6.22. The molecule has 1 saturated carbocycles. The van der Waals surface area contributed by atoms with Crippen LogP contribution in [0.3, 0.4) is 0 Å². The number of hydrogen-bond acceptors (Lipinski definition) is 2. The Morgan fingerprint density at radius 3 is 2.54 bits per heavy atom. The maximum absolute atomic E-state index is 5.19. The monoisotopic (exact) mass is 185 g/mol. The molecular formula is C11H23NO. The van der Waals surface area contributed by atoms with Crippen molar-refractivity contribution in [3.63, 3.8) is 0 Å². The molecule has 1 N–H and O–H groups in total. The van der Waals surface area contributed by atoms with E-state index in [4.69, 9.17) is 4.74 Å². The first-order valence-electron chi connectivity index (χ1n) is 5.46. The SMILES string of the molecule is CCC1(CNCC(C)OC)CCC1. The second-order valence-electron chi connectivity index (χ2n) is 4.38. The van der Waals surface area contributed by atoms with Gasteiger partial charge in [0.15, 0.2) is 0 Å². The minimum Gasteiger partial charge on any atom is -0.380 e. The van der Waals surface area contributed by atoms with E-state index in [9.17, 15) is 0 Å². The molecule has 0 aromatic carbocycles. The van der Waals surface area contributed by atoms with E-state index in [0.717, 1.165) is 6.54 Å². The lowest BCUT2D eigenvalue weighted by atomic mass is 9.67. The maximum Gasteiger partial charge on any atom is 0.0667 e. The van der Waals surface area contributed by atoms with Crippen LogP contribution in [0.15, 0.2) is 0 Å². The first kappa shape index (κ1) is 11.0. The van der Waals surface area contributed by atoms with Gasteiger partial charge in [0, 0.05) is 20.2 Å². The van der Waals surface area contributed by atoms with Crippen molar-refractivity contribution in [1.82, 2.24) is 5.32 Å². The second-order valence-corrected chi connectivity index (χ2v) is 4.38. The molecule has 1 aliphatic carbocycles. The largest absolute Gasteiger partial charge is 0.380 e. The summed E-state index contributed by atoms with van der Waals surface area (Å²) in [5.74, 6) is 0. The zero-order chi connectivity index (χ0) is 9.73. The molecule has 1 unspecified atom stereocenters. The van der Waals surface area contributed by atoms with Gasteiger partial charge in [-0.2, -0.15) is 0 Å². The van der Waals surface area contributed by atoms with Crippen molar-refractivity contribution in [3.05, 3.63) is 0 Å². The summed E-state index contributed by atoms with van der Waals surface area (Å²) in [5.41, 5.74) is 0.632. The Kier molecular flexibility index (Phi) is 4.20. The van der Waals surface area contributed by atoms with Crippen LogP contribution >= 0.6 is 0 Å². The summed E-state index contributed by atoms with van der Waals surface area (Å²) in [6.07, 6.45) is 5.92. The third kappa shape index (κ3) is 2.96. The molecule has 0 heterocycles. The van der Waals surface area contributed by atoms with Crippen molar-refractivity contribution >= 4 is 0 Å². The zero-order valence-corrected chi connectivity index (χ0v) is 9.23. The van der Waals surface area contributed by atoms with Gasteiger partial charge in [0.25, 0.3) is 0 Å². The minimum atomic E-state index is 0.342. The molecule has 0 spiro atoms. The number of ether oxygens (including phenoxy) is 1. The molecule has 0 saturated heterocycles. The second kappa shape index (κ2) is 4.97. The van der Waals surface area contributed by atoms with Crippen molar-refractivity contribution in [3.8, 4) is 0 Å². The van der Waals surface area contributed by atoms with Crippen molar-refractivity contribution in [2.24, 2.45) is 5.41 Å². The highest BCUT2D eigenvalue weighted by Gasteiger charge is 2.34. The third-order valence-corrected chi connectivity index (χ3v) is 3.50. The van der Waals surface area contributed by atoms with Crippen LogP contribution in [0.5, 0.6) is 0 Å². The summed E-state index contributed by atoms with van der Waals surface area (Å²) in [5, 5.41) is 3.50. The molecule has 1 rings (SSSR count). The molecule has 0 aromatic heterocycles. The predicted molar refractivity (Wildman–Crippen MR) is 55.9 cm³/mol. The highest BCUT2D eigenvalue weighted by atomic mass is 16.5. The van der Waals surface area contributed by atoms with Crippen LogP contribution in [-0.4, -0.2) is 26.3 Å². The fraction of sp³-hybridized carbons (Fsp3) is 1.00. The molecule has 1 aliphatic rings. The number of nitrogens with one attached hydrogen (secondary N) is 1. The molecular weight excluding hydrogens is 162 g/mol. The Bertz CT molecular complexity index is 138. The van der Waals surface area contributed by atoms with Crippen molar-refractivity contribution in [2.45, 2.75) is 45.6 Å². The lowest BCUT2D eigenvalue weighted by Crippen LogP contribution is -2.41. The third-order valence-electron chi connectivity index (χ3n) is 3.50. The molecule has 0 amide bonds. The van der Waals surface area contributed by atoms with Gasteiger partial charge in [0.2, 0.25) is 0 Å². The molecule has 1 fully saturated rings. The molecule has 2 heteroatoms. The van der Waals surface area contributed by atoms with E-state index in [1.54, 1.807) is 7.11 Å². The van der Waals surface area contributed by atoms with Crippen LogP contribution in [0.2, 0.25) is 0 Å². The smallest absolute Gasteiger partial charge is 0.0667 e. The van der Waals surface area contributed by atoms with Crippen LogP contribution < -0.4 is 5.32 Å². The van der Waals surface area contributed by atoms with Gasteiger partial charge in [-0.25, -0.2) is 0 Å². The molecule has 0 radical (unpaired) electrons. The van der Waals surface area contributed by atoms with Crippen LogP contribution in [-0.2, 0) is 4.74 Å². The fourth-order valence-electron chi connectivity index (χ4n) is 1.96. The van der Waals surface area contributed by atoms with E-state index in [1.807, 2.05) is 0 Å². The van der Waals surface area contributed by atoms with Crippen molar-refractivity contribution < 1.29 is 4.74 Å². The van der Waals surface area contributed by atoms with Crippen molar-refractivity contribution in [1.29, 1.82) is 0 Å². The van der Waals surface area contributed by atoms with Gasteiger partial charge in [-0.3, -0.25) is 0 Å². The van der Waals surface area contributed by atoms with Crippen molar-refractivity contribution in [2.75, 3.05) is 20.2 Å². The number of rotatable bonds is 6. The summed E-state index contributed by atoms with van der Waals surface area (Å²) in [4.78, 5) is 0. The van der Waals surface area contributed by atoms with E-state index in [1.165, 1.54) is 32.2 Å². The van der Waals surface area contributed by atoms with E-state index < -0.39 is 0 Å². The first-order valence-corrected chi connectivity index (χ1v) is 5.46. The fourth-order valence-corrected chi connectivity index (χ4v) is 1.96. The van der Waals surface area contributed by atoms with E-state index in [2.05, 4.69) is 19.2 Å². The summed E-state index contributed by atoms with van der Waals surface area (Å²) < 4.78 is 5.19. The van der Waals surface area contributed by atoms with Gasteiger partial charge in [-0.1, -0.05) is 13.3 Å². The zero-order valence-electron chi connectivity index (χ0n) is 9.23. The standard InChI is InChI=1S/C11H23NO/c1-4-11(6-5-7-11)9-12-8-10(2)13-3/h10,12H,4-9H2,1-3H3. The van der Waals surface area contributed by atoms with Gasteiger partial charge >= 0.3 is 0 Å². The molecule has 2 nitrogen and oxygen atoms in total. The van der Waals surface area contributed by atoms with Crippen LogP contribution in [0.1, 0.15) is 39.5 Å². The Balaban J connectivity index is 2.10. The highest BCUT2D eigenvalue weighted by molar-refractivity contribution is 4.88. The summed E-state index contributed by atoms with van der Waals surface area (Å²) in [6, 6.07) is 0. The Morgan fingerprint density at radius 1 is 1.46 bits per heavy atom. The predicted octanol–water partition coefficient (Wildman–Crippen LogP) is 2.19. The summed E-state index contributed by atoms with van der Waals surface area (Å²) in [7, 11) is 1.77. The lowest BCUT2D eigenvalue weighted by Gasteiger charge is -2.41. The van der Waals surface area contributed by atoms with E-state index in [-0.39, 0.29) is 0 Å². The van der Waals surface area contributed by atoms with Gasteiger partial charge in [0.05, 0.1) is 6.10 Å². The molecule has 1 atom stereocenters. The van der Waals surface area contributed by atoms with Gasteiger partial charge in [-0.05, 0) is 31.6 Å². The molecule has 78 valence electrons. The van der Waals surface area contributed by atoms with Gasteiger partial charge in [-0.15, -0.1) is 0 Å². The molecule has 0 aliphatic heterocycles. The number of methoxy groups -OCH3 is 1. The highest BCUT2D eigenvalue weighted by Crippen LogP contribution is 2.42. The Hall–Kier alpha value is -0.0800. The molecule has 0 bridgehead atoms. The molecule has 0 aromatic rings. The maximum atomic E-state index is 5.19. The summed E-state index contributed by atoms with van der Waals surface area (Å²) in [6.45, 7) is 6.57. The van der Waals surface area contributed by atoms with Gasteiger partial charge < -0.3 is 10.1 Å². The average Bonchev–Trinajstić information content (AvgIpc) is 2.09. The van der Waals surface area contributed by atoms with Gasteiger partial charge in [0.1, 0.15) is 0 Å².